The van der Waals surface area contributed by atoms with Gasteiger partial charge in [-0.05, 0) is 18.2 Å². The number of hydrogen-bond acceptors (Lipinski definition) is 3. The third-order valence-electron chi connectivity index (χ3n) is 2.90. The highest BCUT2D eigenvalue weighted by molar-refractivity contribution is 6.43. The highest BCUT2D eigenvalue weighted by Crippen LogP contribution is 2.24. The molecule has 8 heteroatoms. The Hall–Kier alpha value is -2.08. The number of benzene rings is 2. The van der Waals surface area contributed by atoms with Crippen LogP contribution in [0.2, 0.25) is 15.1 Å². The topological polar surface area (TPSA) is 70.6 Å². The number of amides is 2. The maximum atomic E-state index is 11.9. The molecule has 2 N–H and O–H groups in total. The summed E-state index contributed by atoms with van der Waals surface area (Å²) in [7, 11) is 0. The molecule has 2 aromatic carbocycles. The van der Waals surface area contributed by atoms with E-state index in [-0.39, 0.29) is 6.54 Å². The van der Waals surface area contributed by atoms with E-state index in [4.69, 9.17) is 34.8 Å². The van der Waals surface area contributed by atoms with Gasteiger partial charge < -0.3 is 5.32 Å². The third-order valence-corrected chi connectivity index (χ3v) is 4.07. The fraction of sp³-hybridized carbons (Fsp3) is 0.0625. The summed E-state index contributed by atoms with van der Waals surface area (Å²) in [4.78, 5) is 23.6. The summed E-state index contributed by atoms with van der Waals surface area (Å²) in [5.41, 5.74) is 3.13. The standard InChI is InChI=1S/C16H12Cl3N3O2/c17-12-6-2-1-5-11(12)16(24)20-9-14(23)22-21-8-10-4-3-7-13(18)15(10)19/h1-8H,9H2,(H,20,24)(H,22,23). The van der Waals surface area contributed by atoms with Gasteiger partial charge in [0.25, 0.3) is 11.8 Å². The molecule has 0 aromatic heterocycles. The SMILES string of the molecule is O=C(CNC(=O)c1ccccc1Cl)NN=Cc1cccc(Cl)c1Cl. The molecule has 24 heavy (non-hydrogen) atoms. The van der Waals surface area contributed by atoms with Gasteiger partial charge in [-0.25, -0.2) is 5.43 Å². The monoisotopic (exact) mass is 383 g/mol. The fourth-order valence-electron chi connectivity index (χ4n) is 1.73. The van der Waals surface area contributed by atoms with Crippen LogP contribution in [0.3, 0.4) is 0 Å². The summed E-state index contributed by atoms with van der Waals surface area (Å²) in [6, 6.07) is 11.6. The number of hydrogen-bond donors (Lipinski definition) is 2. The molecular formula is C16H12Cl3N3O2. The lowest BCUT2D eigenvalue weighted by molar-refractivity contribution is -0.120. The Balaban J connectivity index is 1.86. The average Bonchev–Trinajstić information content (AvgIpc) is 2.57. The van der Waals surface area contributed by atoms with Crippen molar-refractivity contribution in [3.8, 4) is 0 Å². The molecule has 0 aliphatic rings. The van der Waals surface area contributed by atoms with Crippen LogP contribution in [-0.4, -0.2) is 24.6 Å². The van der Waals surface area contributed by atoms with Crippen LogP contribution in [0.15, 0.2) is 47.6 Å². The van der Waals surface area contributed by atoms with Crippen molar-refractivity contribution in [3.05, 3.63) is 68.7 Å². The number of hydrazone groups is 1. The lowest BCUT2D eigenvalue weighted by Crippen LogP contribution is -2.35. The van der Waals surface area contributed by atoms with Gasteiger partial charge in [-0.15, -0.1) is 0 Å². The predicted molar refractivity (Wildman–Crippen MR) is 96.0 cm³/mol. The van der Waals surface area contributed by atoms with Gasteiger partial charge >= 0.3 is 0 Å². The van der Waals surface area contributed by atoms with Crippen molar-refractivity contribution in [2.45, 2.75) is 0 Å². The van der Waals surface area contributed by atoms with E-state index in [1.54, 1.807) is 42.5 Å². The maximum Gasteiger partial charge on any atom is 0.259 e. The molecule has 2 aromatic rings. The number of rotatable bonds is 5. The highest BCUT2D eigenvalue weighted by atomic mass is 35.5. The van der Waals surface area contributed by atoms with E-state index in [2.05, 4.69) is 15.8 Å². The van der Waals surface area contributed by atoms with E-state index >= 15 is 0 Å². The molecule has 0 unspecified atom stereocenters. The molecule has 0 spiro atoms. The maximum absolute atomic E-state index is 11.9. The molecule has 0 fully saturated rings. The summed E-state index contributed by atoms with van der Waals surface area (Å²) < 4.78 is 0. The second-order valence-corrected chi connectivity index (χ2v) is 5.79. The zero-order valence-corrected chi connectivity index (χ0v) is 14.5. The van der Waals surface area contributed by atoms with E-state index in [0.717, 1.165) is 0 Å². The molecule has 2 rings (SSSR count). The Kier molecular flexibility index (Phi) is 6.61. The Morgan fingerprint density at radius 1 is 1.00 bits per heavy atom. The Morgan fingerprint density at radius 2 is 1.71 bits per heavy atom. The van der Waals surface area contributed by atoms with Crippen molar-refractivity contribution in [1.29, 1.82) is 0 Å². The lowest BCUT2D eigenvalue weighted by Gasteiger charge is -2.05. The van der Waals surface area contributed by atoms with Crippen LogP contribution < -0.4 is 10.7 Å². The second kappa shape index (κ2) is 8.68. The van der Waals surface area contributed by atoms with Crippen molar-refractivity contribution < 1.29 is 9.59 Å². The van der Waals surface area contributed by atoms with Crippen LogP contribution in [0.25, 0.3) is 0 Å². The van der Waals surface area contributed by atoms with Gasteiger partial charge in [0.1, 0.15) is 0 Å². The van der Waals surface area contributed by atoms with Crippen LogP contribution in [0.1, 0.15) is 15.9 Å². The zero-order chi connectivity index (χ0) is 17.5. The Bertz CT molecular complexity index is 794. The van der Waals surface area contributed by atoms with E-state index in [0.29, 0.717) is 26.2 Å². The van der Waals surface area contributed by atoms with Crippen molar-refractivity contribution in [2.24, 2.45) is 5.10 Å². The molecule has 0 bridgehead atoms. The van der Waals surface area contributed by atoms with Crippen LogP contribution in [0.5, 0.6) is 0 Å². The van der Waals surface area contributed by atoms with Gasteiger partial charge in [0, 0.05) is 5.56 Å². The highest BCUT2D eigenvalue weighted by Gasteiger charge is 2.10. The molecule has 0 atom stereocenters. The number of carbonyl (C=O) groups is 2. The first-order valence-corrected chi connectivity index (χ1v) is 7.91. The summed E-state index contributed by atoms with van der Waals surface area (Å²) in [5.74, 6) is -0.942. The number of nitrogens with zero attached hydrogens (tertiary/aromatic N) is 1. The van der Waals surface area contributed by atoms with Crippen molar-refractivity contribution in [1.82, 2.24) is 10.7 Å². The van der Waals surface area contributed by atoms with Crippen LogP contribution in [0, 0.1) is 0 Å². The van der Waals surface area contributed by atoms with Crippen molar-refractivity contribution in [2.75, 3.05) is 6.54 Å². The van der Waals surface area contributed by atoms with Crippen LogP contribution in [-0.2, 0) is 4.79 Å². The molecule has 0 saturated carbocycles. The number of halogens is 3. The fourth-order valence-corrected chi connectivity index (χ4v) is 2.31. The first-order chi connectivity index (χ1) is 11.5. The molecule has 0 saturated heterocycles. The van der Waals surface area contributed by atoms with Gasteiger partial charge in [-0.2, -0.15) is 5.10 Å². The van der Waals surface area contributed by atoms with E-state index < -0.39 is 11.8 Å². The molecule has 0 aliphatic heterocycles. The third kappa shape index (κ3) is 4.96. The second-order valence-electron chi connectivity index (χ2n) is 4.60. The van der Waals surface area contributed by atoms with Crippen LogP contribution in [0.4, 0.5) is 0 Å². The minimum Gasteiger partial charge on any atom is -0.343 e. The molecule has 0 heterocycles. The van der Waals surface area contributed by atoms with Gasteiger partial charge in [-0.1, -0.05) is 59.1 Å². The summed E-state index contributed by atoms with van der Waals surface area (Å²) >= 11 is 17.8. The summed E-state index contributed by atoms with van der Waals surface area (Å²) in [6.45, 7) is -0.245. The predicted octanol–water partition coefficient (Wildman–Crippen LogP) is 3.53. The summed E-state index contributed by atoms with van der Waals surface area (Å²) in [5, 5.41) is 7.25. The van der Waals surface area contributed by atoms with Crippen molar-refractivity contribution in [3.63, 3.8) is 0 Å². The minimum atomic E-state index is -0.496. The zero-order valence-electron chi connectivity index (χ0n) is 12.2. The van der Waals surface area contributed by atoms with Crippen LogP contribution >= 0.6 is 34.8 Å². The molecular weight excluding hydrogens is 373 g/mol. The molecule has 2 amide bonds. The van der Waals surface area contributed by atoms with Gasteiger partial charge in [-0.3, -0.25) is 9.59 Å². The Labute approximate surface area is 153 Å². The molecule has 0 aliphatic carbocycles. The first kappa shape index (κ1) is 18.3. The number of nitrogens with one attached hydrogen (secondary N) is 2. The first-order valence-electron chi connectivity index (χ1n) is 6.77. The smallest absolute Gasteiger partial charge is 0.259 e. The number of carbonyl (C=O) groups excluding carboxylic acids is 2. The lowest BCUT2D eigenvalue weighted by atomic mass is 10.2. The largest absolute Gasteiger partial charge is 0.343 e. The van der Waals surface area contributed by atoms with Crippen molar-refractivity contribution >= 4 is 52.8 Å². The average molecular weight is 385 g/mol. The molecule has 124 valence electrons. The quantitative estimate of drug-likeness (QED) is 0.611. The van der Waals surface area contributed by atoms with E-state index in [1.807, 2.05) is 0 Å². The van der Waals surface area contributed by atoms with E-state index in [1.165, 1.54) is 6.21 Å². The molecule has 5 nitrogen and oxygen atoms in total. The minimum absolute atomic E-state index is 0.245. The van der Waals surface area contributed by atoms with Gasteiger partial charge in [0.05, 0.1) is 33.4 Å². The Morgan fingerprint density at radius 3 is 2.46 bits per heavy atom. The summed E-state index contributed by atoms with van der Waals surface area (Å²) in [6.07, 6.45) is 1.36. The normalized spacial score (nSPS) is 10.6. The molecule has 0 radical (unpaired) electrons. The van der Waals surface area contributed by atoms with E-state index in [9.17, 15) is 9.59 Å². The van der Waals surface area contributed by atoms with Gasteiger partial charge in [0.15, 0.2) is 0 Å². The van der Waals surface area contributed by atoms with Gasteiger partial charge in [0.2, 0.25) is 0 Å².